The molecule has 1 aromatic rings. The number of carbonyl (C=O) groups excluding carboxylic acids is 2. The van der Waals surface area contributed by atoms with Crippen LogP contribution < -0.4 is 4.90 Å². The van der Waals surface area contributed by atoms with E-state index >= 15 is 0 Å². The van der Waals surface area contributed by atoms with Gasteiger partial charge in [0.2, 0.25) is 11.8 Å². The average molecular weight is 359 g/mol. The number of aromatic nitrogens is 2. The van der Waals surface area contributed by atoms with Gasteiger partial charge in [0.05, 0.1) is 5.92 Å². The van der Waals surface area contributed by atoms with Gasteiger partial charge in [-0.3, -0.25) is 9.59 Å². The average Bonchev–Trinajstić information content (AvgIpc) is 2.72. The van der Waals surface area contributed by atoms with E-state index in [4.69, 9.17) is 0 Å². The van der Waals surface area contributed by atoms with Crippen molar-refractivity contribution in [2.24, 2.45) is 5.92 Å². The van der Waals surface area contributed by atoms with E-state index in [1.54, 1.807) is 6.33 Å². The van der Waals surface area contributed by atoms with Gasteiger partial charge >= 0.3 is 0 Å². The highest BCUT2D eigenvalue weighted by Gasteiger charge is 2.32. The monoisotopic (exact) mass is 359 g/mol. The summed E-state index contributed by atoms with van der Waals surface area (Å²) >= 11 is 0. The minimum atomic E-state index is -0.0449. The molecule has 7 heteroatoms. The maximum Gasteiger partial charge on any atom is 0.227 e. The van der Waals surface area contributed by atoms with Crippen LogP contribution in [0.4, 0.5) is 5.82 Å². The Bertz CT molecular complexity index is 643. The predicted octanol–water partition coefficient (Wildman–Crippen LogP) is 1.34. The van der Waals surface area contributed by atoms with Gasteiger partial charge in [-0.1, -0.05) is 13.8 Å². The van der Waals surface area contributed by atoms with Crippen LogP contribution in [0.15, 0.2) is 12.4 Å². The first-order valence-corrected chi connectivity index (χ1v) is 9.74. The third kappa shape index (κ3) is 4.14. The number of likely N-dealkylation sites (tertiary alicyclic amines) is 1. The summed E-state index contributed by atoms with van der Waals surface area (Å²) in [5.74, 6) is 1.26. The quantitative estimate of drug-likeness (QED) is 0.811. The molecular formula is C19H29N5O2. The molecule has 2 aliphatic heterocycles. The first-order chi connectivity index (χ1) is 12.6. The van der Waals surface area contributed by atoms with E-state index in [2.05, 4.69) is 21.8 Å². The van der Waals surface area contributed by atoms with Crippen molar-refractivity contribution in [1.29, 1.82) is 0 Å². The maximum absolute atomic E-state index is 12.9. The Morgan fingerprint density at radius 1 is 1.08 bits per heavy atom. The highest BCUT2D eigenvalue weighted by Crippen LogP contribution is 2.21. The lowest BCUT2D eigenvalue weighted by Crippen LogP contribution is -2.53. The van der Waals surface area contributed by atoms with Gasteiger partial charge in [0, 0.05) is 57.4 Å². The molecule has 2 fully saturated rings. The number of nitrogens with zero attached hydrogens (tertiary/aromatic N) is 5. The van der Waals surface area contributed by atoms with E-state index in [1.165, 1.54) is 0 Å². The van der Waals surface area contributed by atoms with Gasteiger partial charge in [-0.15, -0.1) is 0 Å². The fourth-order valence-electron chi connectivity index (χ4n) is 3.80. The molecule has 142 valence electrons. The second-order valence-corrected chi connectivity index (χ2v) is 7.07. The van der Waals surface area contributed by atoms with Crippen LogP contribution in [-0.4, -0.2) is 70.9 Å². The Labute approximate surface area is 155 Å². The van der Waals surface area contributed by atoms with E-state index < -0.39 is 0 Å². The number of amides is 2. The molecule has 1 aromatic heterocycles. The summed E-state index contributed by atoms with van der Waals surface area (Å²) in [5.41, 5.74) is 1.04. The van der Waals surface area contributed by atoms with Crippen molar-refractivity contribution in [3.05, 3.63) is 18.1 Å². The molecule has 0 aliphatic carbocycles. The predicted molar refractivity (Wildman–Crippen MR) is 99.8 cm³/mol. The van der Waals surface area contributed by atoms with Crippen LogP contribution in [0, 0.1) is 5.92 Å². The number of hydrogen-bond donors (Lipinski definition) is 0. The second-order valence-electron chi connectivity index (χ2n) is 7.07. The number of aryl methyl sites for hydroxylation is 1. The molecule has 0 unspecified atom stereocenters. The molecule has 0 aromatic carbocycles. The third-order valence-electron chi connectivity index (χ3n) is 5.41. The fourth-order valence-corrected chi connectivity index (χ4v) is 3.80. The highest BCUT2D eigenvalue weighted by molar-refractivity contribution is 5.81. The number of piperidine rings is 1. The molecule has 0 saturated carbocycles. The molecule has 2 aliphatic rings. The molecule has 2 amide bonds. The summed E-state index contributed by atoms with van der Waals surface area (Å²) in [5, 5.41) is 0. The highest BCUT2D eigenvalue weighted by atomic mass is 16.2. The molecule has 7 nitrogen and oxygen atoms in total. The van der Waals surface area contributed by atoms with Gasteiger partial charge in [0.1, 0.15) is 12.1 Å². The summed E-state index contributed by atoms with van der Waals surface area (Å²) in [6, 6.07) is 2.03. The minimum Gasteiger partial charge on any atom is -0.353 e. The Morgan fingerprint density at radius 2 is 1.85 bits per heavy atom. The van der Waals surface area contributed by atoms with Crippen molar-refractivity contribution in [3.63, 3.8) is 0 Å². The summed E-state index contributed by atoms with van der Waals surface area (Å²) in [6.45, 7) is 8.33. The topological polar surface area (TPSA) is 69.6 Å². The van der Waals surface area contributed by atoms with Crippen LogP contribution >= 0.6 is 0 Å². The van der Waals surface area contributed by atoms with Crippen LogP contribution in [0.5, 0.6) is 0 Å². The smallest absolute Gasteiger partial charge is 0.227 e. The summed E-state index contributed by atoms with van der Waals surface area (Å²) in [4.78, 5) is 39.5. The van der Waals surface area contributed by atoms with Crippen molar-refractivity contribution in [2.45, 2.75) is 39.5 Å². The van der Waals surface area contributed by atoms with Gasteiger partial charge in [-0.05, 0) is 19.3 Å². The molecule has 3 heterocycles. The van der Waals surface area contributed by atoms with Crippen LogP contribution in [0.3, 0.4) is 0 Å². The number of carbonyl (C=O) groups is 2. The van der Waals surface area contributed by atoms with Crippen LogP contribution in [0.25, 0.3) is 0 Å². The fraction of sp³-hybridized carbons (Fsp3) is 0.684. The van der Waals surface area contributed by atoms with E-state index in [1.807, 2.05) is 22.8 Å². The zero-order chi connectivity index (χ0) is 18.5. The summed E-state index contributed by atoms with van der Waals surface area (Å²) in [7, 11) is 0. The zero-order valence-corrected chi connectivity index (χ0v) is 15.9. The molecule has 1 atom stereocenters. The van der Waals surface area contributed by atoms with Gasteiger partial charge in [0.15, 0.2) is 0 Å². The molecule has 0 N–H and O–H groups in total. The lowest BCUT2D eigenvalue weighted by molar-refractivity contribution is -0.141. The molecule has 3 rings (SSSR count). The van der Waals surface area contributed by atoms with Gasteiger partial charge in [0.25, 0.3) is 0 Å². The molecule has 0 bridgehead atoms. The Balaban J connectivity index is 1.55. The third-order valence-corrected chi connectivity index (χ3v) is 5.41. The van der Waals surface area contributed by atoms with Crippen molar-refractivity contribution >= 4 is 17.6 Å². The Kier molecular flexibility index (Phi) is 6.06. The zero-order valence-electron chi connectivity index (χ0n) is 15.9. The van der Waals surface area contributed by atoms with Gasteiger partial charge in [-0.25, -0.2) is 9.97 Å². The van der Waals surface area contributed by atoms with Crippen LogP contribution in [0.2, 0.25) is 0 Å². The number of hydrogen-bond acceptors (Lipinski definition) is 5. The van der Waals surface area contributed by atoms with Gasteiger partial charge in [-0.2, -0.15) is 0 Å². The van der Waals surface area contributed by atoms with Gasteiger partial charge < -0.3 is 14.7 Å². The first-order valence-electron chi connectivity index (χ1n) is 9.74. The summed E-state index contributed by atoms with van der Waals surface area (Å²) < 4.78 is 0. The van der Waals surface area contributed by atoms with Crippen LogP contribution in [0.1, 0.15) is 38.8 Å². The molecular weight excluding hydrogens is 330 g/mol. The number of anilines is 1. The first kappa shape index (κ1) is 18.6. The van der Waals surface area contributed by atoms with Crippen molar-refractivity contribution in [3.8, 4) is 0 Å². The SMILES string of the molecule is CCC(=O)N1CCC[C@@H](C(=O)N2CCN(c3cc(CC)ncn3)CC2)C1. The summed E-state index contributed by atoms with van der Waals surface area (Å²) in [6.07, 6.45) is 4.83. The molecule has 0 radical (unpaired) electrons. The largest absolute Gasteiger partial charge is 0.353 e. The van der Waals surface area contributed by atoms with E-state index in [0.29, 0.717) is 26.1 Å². The standard InChI is InChI=1S/C19H29N5O2/c1-3-16-12-17(21-14-20-16)22-8-10-23(11-9-22)19(26)15-6-5-7-24(13-15)18(25)4-2/h12,14-15H,3-11,13H2,1-2H3/t15-/m1/s1. The van der Waals surface area contributed by atoms with Crippen molar-refractivity contribution < 1.29 is 9.59 Å². The molecule has 0 spiro atoms. The van der Waals surface area contributed by atoms with E-state index in [9.17, 15) is 9.59 Å². The normalized spacial score (nSPS) is 21.0. The number of piperazine rings is 1. The number of rotatable bonds is 4. The minimum absolute atomic E-state index is 0.0449. The van der Waals surface area contributed by atoms with E-state index in [-0.39, 0.29) is 17.7 Å². The lowest BCUT2D eigenvalue weighted by Gasteiger charge is -2.39. The van der Waals surface area contributed by atoms with Crippen molar-refractivity contribution in [1.82, 2.24) is 19.8 Å². The Hall–Kier alpha value is -2.18. The van der Waals surface area contributed by atoms with E-state index in [0.717, 1.165) is 50.4 Å². The lowest BCUT2D eigenvalue weighted by atomic mass is 9.96. The second kappa shape index (κ2) is 8.47. The maximum atomic E-state index is 12.9. The Morgan fingerprint density at radius 3 is 2.54 bits per heavy atom. The van der Waals surface area contributed by atoms with Crippen LogP contribution in [-0.2, 0) is 16.0 Å². The van der Waals surface area contributed by atoms with Crippen molar-refractivity contribution in [2.75, 3.05) is 44.2 Å². The molecule has 2 saturated heterocycles. The molecule has 26 heavy (non-hydrogen) atoms.